The van der Waals surface area contributed by atoms with Crippen molar-refractivity contribution in [3.8, 4) is 0 Å². The maximum absolute atomic E-state index is 14.1. The summed E-state index contributed by atoms with van der Waals surface area (Å²) in [6, 6.07) is 7.47. The summed E-state index contributed by atoms with van der Waals surface area (Å²) in [4.78, 5) is 4.31. The largest absolute Gasteiger partial charge is 0.360 e. The first-order valence-corrected chi connectivity index (χ1v) is 10.4. The van der Waals surface area contributed by atoms with Crippen LogP contribution in [0.15, 0.2) is 24.3 Å². The van der Waals surface area contributed by atoms with Gasteiger partial charge in [-0.3, -0.25) is 0 Å². The summed E-state index contributed by atoms with van der Waals surface area (Å²) in [6.45, 7) is 2.36. The molecule has 0 aliphatic heterocycles. The van der Waals surface area contributed by atoms with E-state index in [0.717, 1.165) is 24.6 Å². The highest BCUT2D eigenvalue weighted by molar-refractivity contribution is 7.80. The second-order valence-corrected chi connectivity index (χ2v) is 8.05. The maximum atomic E-state index is 14.1. The molecular formula is C21H34FN3S. The van der Waals surface area contributed by atoms with Crippen LogP contribution in [0, 0.1) is 5.82 Å². The maximum Gasteiger partial charge on any atom is 0.169 e. The zero-order valence-electron chi connectivity index (χ0n) is 16.3. The van der Waals surface area contributed by atoms with Gasteiger partial charge in [0.25, 0.3) is 0 Å². The SMILES string of the molecule is CN(C)CCCN(Cc1ccccc1F)C(=S)NC1CCCCCCC1. The lowest BCUT2D eigenvalue weighted by Gasteiger charge is -2.30. The Bertz CT molecular complexity index is 542. The number of thiocarbonyl (C=S) groups is 1. The van der Waals surface area contributed by atoms with Crippen molar-refractivity contribution >= 4 is 17.3 Å². The summed E-state index contributed by atoms with van der Waals surface area (Å²) in [7, 11) is 4.15. The number of benzene rings is 1. The third kappa shape index (κ3) is 7.58. The molecule has 0 amide bonds. The minimum absolute atomic E-state index is 0.154. The van der Waals surface area contributed by atoms with Gasteiger partial charge in [-0.25, -0.2) is 4.39 Å². The molecule has 26 heavy (non-hydrogen) atoms. The van der Waals surface area contributed by atoms with Gasteiger partial charge in [-0.15, -0.1) is 0 Å². The van der Waals surface area contributed by atoms with Crippen molar-refractivity contribution in [3.05, 3.63) is 35.6 Å². The Morgan fingerprint density at radius 3 is 2.38 bits per heavy atom. The molecule has 1 saturated carbocycles. The minimum atomic E-state index is -0.154. The third-order valence-electron chi connectivity index (χ3n) is 5.07. The van der Waals surface area contributed by atoms with Gasteiger partial charge in [0.2, 0.25) is 0 Å². The van der Waals surface area contributed by atoms with Crippen LogP contribution in [-0.2, 0) is 6.54 Å². The van der Waals surface area contributed by atoms with Crippen molar-refractivity contribution < 1.29 is 4.39 Å². The zero-order valence-corrected chi connectivity index (χ0v) is 17.2. The molecule has 0 spiro atoms. The fourth-order valence-corrected chi connectivity index (χ4v) is 3.85. The Morgan fingerprint density at radius 1 is 1.08 bits per heavy atom. The molecule has 146 valence electrons. The molecule has 0 unspecified atom stereocenters. The van der Waals surface area contributed by atoms with E-state index in [1.807, 2.05) is 12.1 Å². The van der Waals surface area contributed by atoms with Crippen LogP contribution in [0.25, 0.3) is 0 Å². The molecule has 1 aromatic rings. The van der Waals surface area contributed by atoms with Gasteiger partial charge in [-0.2, -0.15) is 0 Å². The van der Waals surface area contributed by atoms with Crippen LogP contribution >= 0.6 is 12.2 Å². The van der Waals surface area contributed by atoms with Gasteiger partial charge in [-0.1, -0.05) is 50.3 Å². The molecule has 2 rings (SSSR count). The number of halogens is 1. The van der Waals surface area contributed by atoms with Gasteiger partial charge < -0.3 is 15.1 Å². The summed E-state index contributed by atoms with van der Waals surface area (Å²) in [5, 5.41) is 4.36. The molecule has 0 atom stereocenters. The molecule has 0 bridgehead atoms. The van der Waals surface area contributed by atoms with Crippen molar-refractivity contribution in [2.45, 2.75) is 64.0 Å². The van der Waals surface area contributed by atoms with Crippen molar-refractivity contribution in [2.75, 3.05) is 27.2 Å². The number of hydrogen-bond donors (Lipinski definition) is 1. The Labute approximate surface area is 163 Å². The van der Waals surface area contributed by atoms with Gasteiger partial charge in [0.15, 0.2) is 5.11 Å². The highest BCUT2D eigenvalue weighted by atomic mass is 32.1. The average Bonchev–Trinajstić information content (AvgIpc) is 2.57. The molecule has 0 saturated heterocycles. The van der Waals surface area contributed by atoms with E-state index in [4.69, 9.17) is 12.2 Å². The van der Waals surface area contributed by atoms with Crippen molar-refractivity contribution in [1.29, 1.82) is 0 Å². The fraction of sp³-hybridized carbons (Fsp3) is 0.667. The molecule has 1 N–H and O–H groups in total. The summed E-state index contributed by atoms with van der Waals surface area (Å²) < 4.78 is 14.1. The summed E-state index contributed by atoms with van der Waals surface area (Å²) in [5.41, 5.74) is 0.708. The summed E-state index contributed by atoms with van der Waals surface area (Å²) >= 11 is 5.73. The summed E-state index contributed by atoms with van der Waals surface area (Å²) in [6.07, 6.45) is 9.94. The zero-order chi connectivity index (χ0) is 18.8. The highest BCUT2D eigenvalue weighted by Gasteiger charge is 2.17. The second-order valence-electron chi connectivity index (χ2n) is 7.66. The normalized spacial score (nSPS) is 16.2. The fourth-order valence-electron chi connectivity index (χ4n) is 3.53. The smallest absolute Gasteiger partial charge is 0.169 e. The first-order chi connectivity index (χ1) is 12.6. The van der Waals surface area contributed by atoms with Crippen molar-refractivity contribution in [3.63, 3.8) is 0 Å². The van der Waals surface area contributed by atoms with Gasteiger partial charge in [-0.05, 0) is 58.2 Å². The van der Waals surface area contributed by atoms with Crippen LogP contribution in [-0.4, -0.2) is 48.1 Å². The monoisotopic (exact) mass is 379 g/mol. The van der Waals surface area contributed by atoms with E-state index >= 15 is 0 Å². The second kappa shape index (κ2) is 11.5. The van der Waals surface area contributed by atoms with E-state index in [9.17, 15) is 4.39 Å². The van der Waals surface area contributed by atoms with Crippen molar-refractivity contribution in [1.82, 2.24) is 15.1 Å². The van der Waals surface area contributed by atoms with Crippen molar-refractivity contribution in [2.24, 2.45) is 0 Å². The topological polar surface area (TPSA) is 18.5 Å². The average molecular weight is 380 g/mol. The molecular weight excluding hydrogens is 345 g/mol. The van der Waals surface area contributed by atoms with Crippen LogP contribution in [0.1, 0.15) is 56.9 Å². The van der Waals surface area contributed by atoms with Crippen LogP contribution in [0.3, 0.4) is 0 Å². The third-order valence-corrected chi connectivity index (χ3v) is 5.45. The summed E-state index contributed by atoms with van der Waals surface area (Å²) in [5.74, 6) is -0.154. The molecule has 0 heterocycles. The first kappa shape index (κ1) is 21.1. The lowest BCUT2D eigenvalue weighted by molar-refractivity contribution is 0.331. The number of rotatable bonds is 7. The lowest BCUT2D eigenvalue weighted by atomic mass is 9.97. The molecule has 0 aromatic heterocycles. The lowest BCUT2D eigenvalue weighted by Crippen LogP contribution is -2.45. The number of nitrogens with one attached hydrogen (secondary N) is 1. The van der Waals surface area contributed by atoms with Gasteiger partial charge >= 0.3 is 0 Å². The molecule has 1 fully saturated rings. The van der Waals surface area contributed by atoms with Crippen LogP contribution < -0.4 is 5.32 Å². The van der Waals surface area contributed by atoms with Crippen LogP contribution in [0.4, 0.5) is 4.39 Å². The predicted molar refractivity (Wildman–Crippen MR) is 112 cm³/mol. The first-order valence-electron chi connectivity index (χ1n) is 10.00. The number of hydrogen-bond acceptors (Lipinski definition) is 2. The molecule has 1 aliphatic rings. The minimum Gasteiger partial charge on any atom is -0.360 e. The van der Waals surface area contributed by atoms with Gasteiger partial charge in [0.05, 0.1) is 0 Å². The van der Waals surface area contributed by atoms with Crippen LogP contribution in [0.5, 0.6) is 0 Å². The highest BCUT2D eigenvalue weighted by Crippen LogP contribution is 2.18. The van der Waals surface area contributed by atoms with E-state index < -0.39 is 0 Å². The standard InChI is InChI=1S/C21H34FN3S/c1-24(2)15-10-16-25(17-18-11-8-9-14-20(18)22)21(26)23-19-12-6-4-3-5-7-13-19/h8-9,11,14,19H,3-7,10,12-13,15-17H2,1-2H3,(H,23,26). The number of nitrogens with zero attached hydrogens (tertiary/aromatic N) is 2. The Morgan fingerprint density at radius 2 is 1.73 bits per heavy atom. The Hall–Kier alpha value is -1.20. The van der Waals surface area contributed by atoms with Crippen LogP contribution in [0.2, 0.25) is 0 Å². The van der Waals surface area contributed by atoms with E-state index in [2.05, 4.69) is 29.2 Å². The van der Waals surface area contributed by atoms with Gasteiger partial charge in [0.1, 0.15) is 5.82 Å². The van der Waals surface area contributed by atoms with E-state index in [-0.39, 0.29) is 5.82 Å². The molecule has 5 heteroatoms. The quantitative estimate of drug-likeness (QED) is 0.699. The molecule has 3 nitrogen and oxygen atoms in total. The van der Waals surface area contributed by atoms with E-state index in [1.165, 1.54) is 51.0 Å². The molecule has 1 aromatic carbocycles. The molecule has 0 radical (unpaired) electrons. The predicted octanol–water partition coefficient (Wildman–Crippen LogP) is 4.57. The Balaban J connectivity index is 1.98. The molecule has 1 aliphatic carbocycles. The van der Waals surface area contributed by atoms with Gasteiger partial charge in [0, 0.05) is 24.7 Å². The Kier molecular flexibility index (Phi) is 9.33. The van der Waals surface area contributed by atoms with E-state index in [1.54, 1.807) is 6.07 Å². The van der Waals surface area contributed by atoms with E-state index in [0.29, 0.717) is 18.2 Å².